The van der Waals surface area contributed by atoms with Crippen molar-refractivity contribution in [1.29, 1.82) is 0 Å². The first kappa shape index (κ1) is 22.0. The molecule has 9 nitrogen and oxygen atoms in total. The molecule has 0 spiro atoms. The summed E-state index contributed by atoms with van der Waals surface area (Å²) >= 11 is -1.05. The third-order valence-electron chi connectivity index (χ3n) is 4.82. The molecule has 0 aromatic carbocycles. The first-order chi connectivity index (χ1) is 14.4. The summed E-state index contributed by atoms with van der Waals surface area (Å²) in [5, 5.41) is 8.86. The Labute approximate surface area is 179 Å². The molecule has 30 heavy (non-hydrogen) atoms. The first-order valence-corrected chi connectivity index (χ1v) is 11.1. The zero-order chi connectivity index (χ0) is 21.7. The van der Waals surface area contributed by atoms with Crippen LogP contribution in [0.15, 0.2) is 42.0 Å². The number of rotatable bonds is 9. The van der Waals surface area contributed by atoms with Gasteiger partial charge in [0.1, 0.15) is 5.75 Å². The number of hydrogen-bond donors (Lipinski definition) is 1. The number of aromatic nitrogens is 5. The number of nitrogens with zero attached hydrogens (tertiary/aromatic N) is 7. The average molecular weight is 429 g/mol. The van der Waals surface area contributed by atoms with E-state index in [4.69, 9.17) is 10.7 Å². The van der Waals surface area contributed by atoms with Crippen LogP contribution in [0.2, 0.25) is 0 Å². The molecular formula is C20H28N8OS. The van der Waals surface area contributed by atoms with E-state index in [0.717, 1.165) is 23.2 Å². The minimum atomic E-state index is -1.05. The van der Waals surface area contributed by atoms with Crippen molar-refractivity contribution in [1.82, 2.24) is 28.7 Å². The molecule has 3 aromatic heterocycles. The SMILES string of the molecule is CCC(C)n1cc(-c2nc(C(C=NCC[S+]([O-])N(C)C)=CN)cn3nccc23)cn1. The van der Waals surface area contributed by atoms with E-state index in [-0.39, 0.29) is 0 Å². The zero-order valence-electron chi connectivity index (χ0n) is 17.8. The average Bonchev–Trinajstić information content (AvgIpc) is 3.41. The summed E-state index contributed by atoms with van der Waals surface area (Å²) in [4.78, 5) is 9.20. The van der Waals surface area contributed by atoms with Gasteiger partial charge in [-0.1, -0.05) is 6.92 Å². The van der Waals surface area contributed by atoms with Crippen LogP contribution < -0.4 is 5.73 Å². The summed E-state index contributed by atoms with van der Waals surface area (Å²) in [6.07, 6.45) is 11.5. The normalized spacial score (nSPS) is 14.8. The Kier molecular flexibility index (Phi) is 7.24. The molecule has 2 N–H and O–H groups in total. The summed E-state index contributed by atoms with van der Waals surface area (Å²) < 4.78 is 17.2. The van der Waals surface area contributed by atoms with Crippen LogP contribution in [-0.4, -0.2) is 65.8 Å². The van der Waals surface area contributed by atoms with Gasteiger partial charge in [0.15, 0.2) is 0 Å². The van der Waals surface area contributed by atoms with Crippen LogP contribution in [0.25, 0.3) is 22.3 Å². The number of nitrogens with two attached hydrogens (primary N) is 1. The van der Waals surface area contributed by atoms with Gasteiger partial charge in [-0.3, -0.25) is 9.67 Å². The highest BCUT2D eigenvalue weighted by Crippen LogP contribution is 2.25. The van der Waals surface area contributed by atoms with Gasteiger partial charge in [-0.15, -0.1) is 4.31 Å². The van der Waals surface area contributed by atoms with Crippen molar-refractivity contribution in [3.8, 4) is 11.3 Å². The Bertz CT molecular complexity index is 1040. The molecule has 0 aliphatic heterocycles. The first-order valence-electron chi connectivity index (χ1n) is 9.81. The predicted molar refractivity (Wildman–Crippen MR) is 121 cm³/mol. The van der Waals surface area contributed by atoms with Gasteiger partial charge in [-0.25, -0.2) is 9.50 Å². The van der Waals surface area contributed by atoms with Crippen LogP contribution in [-0.2, 0) is 11.4 Å². The van der Waals surface area contributed by atoms with Gasteiger partial charge >= 0.3 is 0 Å². The Morgan fingerprint density at radius 1 is 1.37 bits per heavy atom. The number of hydrogen-bond acceptors (Lipinski definition) is 7. The third kappa shape index (κ3) is 4.89. The molecule has 3 rings (SSSR count). The van der Waals surface area contributed by atoms with Crippen LogP contribution in [0.3, 0.4) is 0 Å². The van der Waals surface area contributed by atoms with Crippen molar-refractivity contribution in [2.24, 2.45) is 10.7 Å². The Morgan fingerprint density at radius 2 is 2.17 bits per heavy atom. The summed E-state index contributed by atoms with van der Waals surface area (Å²) in [6, 6.07) is 2.23. The third-order valence-corrected chi connectivity index (χ3v) is 6.16. The van der Waals surface area contributed by atoms with Crippen molar-refractivity contribution >= 4 is 28.7 Å². The van der Waals surface area contributed by atoms with Crippen LogP contribution in [0.4, 0.5) is 0 Å². The minimum Gasteiger partial charge on any atom is -0.598 e. The van der Waals surface area contributed by atoms with E-state index in [1.807, 2.05) is 29.3 Å². The monoisotopic (exact) mass is 428 g/mol. The lowest BCUT2D eigenvalue weighted by Gasteiger charge is -2.14. The largest absolute Gasteiger partial charge is 0.598 e. The fraction of sp³-hybridized carbons (Fsp3) is 0.400. The van der Waals surface area contributed by atoms with Crippen molar-refractivity contribution in [2.45, 2.75) is 26.3 Å². The standard InChI is InChI=1S/C20H28N8OS/c1-5-15(2)27-13-17(12-24-27)20-19-6-7-23-28(19)14-18(25-20)16(10-21)11-22-8-9-30(29)26(3)4/h6-7,10-15H,5,8-9,21H2,1-4H3. The van der Waals surface area contributed by atoms with Gasteiger partial charge in [-0.2, -0.15) is 10.2 Å². The maximum Gasteiger partial charge on any atom is 0.145 e. The minimum absolute atomic E-state index is 0.308. The van der Waals surface area contributed by atoms with Gasteiger partial charge in [-0.05, 0) is 19.4 Å². The van der Waals surface area contributed by atoms with Crippen LogP contribution in [0, 0.1) is 0 Å². The lowest BCUT2D eigenvalue weighted by atomic mass is 10.1. The molecule has 0 saturated heterocycles. The lowest BCUT2D eigenvalue weighted by Crippen LogP contribution is -2.26. The fourth-order valence-electron chi connectivity index (χ4n) is 2.84. The molecule has 0 fully saturated rings. The molecule has 2 unspecified atom stereocenters. The van der Waals surface area contributed by atoms with Crippen molar-refractivity contribution in [3.63, 3.8) is 0 Å². The van der Waals surface area contributed by atoms with E-state index in [1.165, 1.54) is 6.20 Å². The second-order valence-corrected chi connectivity index (χ2v) is 8.88. The zero-order valence-corrected chi connectivity index (χ0v) is 18.6. The molecule has 0 aliphatic carbocycles. The van der Waals surface area contributed by atoms with Crippen molar-refractivity contribution < 1.29 is 4.55 Å². The molecule has 0 aliphatic rings. The molecule has 3 heterocycles. The van der Waals surface area contributed by atoms with Gasteiger partial charge in [0.25, 0.3) is 0 Å². The van der Waals surface area contributed by atoms with E-state index in [2.05, 4.69) is 29.0 Å². The summed E-state index contributed by atoms with van der Waals surface area (Å²) in [5.41, 5.74) is 9.75. The van der Waals surface area contributed by atoms with Crippen LogP contribution in [0.1, 0.15) is 32.0 Å². The maximum atomic E-state index is 11.8. The molecule has 2 atom stereocenters. The molecule has 10 heteroatoms. The second-order valence-electron chi connectivity index (χ2n) is 7.10. The lowest BCUT2D eigenvalue weighted by molar-refractivity contribution is 0.478. The smallest absolute Gasteiger partial charge is 0.145 e. The molecule has 0 radical (unpaired) electrons. The molecule has 3 aromatic rings. The number of allylic oxidation sites excluding steroid dienone is 1. The highest BCUT2D eigenvalue weighted by Gasteiger charge is 2.14. The molecule has 0 amide bonds. The highest BCUT2D eigenvalue weighted by atomic mass is 32.2. The Hall–Kier alpha value is -2.69. The summed E-state index contributed by atoms with van der Waals surface area (Å²) in [5.74, 6) is 0.451. The topological polar surface area (TPSA) is 113 Å². The quantitative estimate of drug-likeness (QED) is 0.413. The van der Waals surface area contributed by atoms with Gasteiger partial charge < -0.3 is 10.3 Å². The Balaban J connectivity index is 1.90. The second kappa shape index (κ2) is 9.88. The van der Waals surface area contributed by atoms with E-state index < -0.39 is 11.4 Å². The number of aliphatic imine (C=N–C) groups is 1. The van der Waals surface area contributed by atoms with E-state index in [9.17, 15) is 4.55 Å². The highest BCUT2D eigenvalue weighted by molar-refractivity contribution is 7.89. The summed E-state index contributed by atoms with van der Waals surface area (Å²) in [7, 11) is 3.55. The van der Waals surface area contributed by atoms with Crippen molar-refractivity contribution in [3.05, 3.63) is 42.7 Å². The fourth-order valence-corrected chi connectivity index (χ4v) is 3.46. The predicted octanol–water partition coefficient (Wildman–Crippen LogP) is 2.16. The van der Waals surface area contributed by atoms with Crippen LogP contribution >= 0.6 is 0 Å². The van der Waals surface area contributed by atoms with Gasteiger partial charge in [0.2, 0.25) is 0 Å². The van der Waals surface area contributed by atoms with E-state index in [1.54, 1.807) is 35.3 Å². The number of fused-ring (bicyclic) bond motifs is 1. The summed E-state index contributed by atoms with van der Waals surface area (Å²) in [6.45, 7) is 4.69. The van der Waals surface area contributed by atoms with Gasteiger partial charge in [0, 0.05) is 61.2 Å². The van der Waals surface area contributed by atoms with Gasteiger partial charge in [0.05, 0.1) is 42.0 Å². The van der Waals surface area contributed by atoms with E-state index >= 15 is 0 Å². The molecule has 160 valence electrons. The van der Waals surface area contributed by atoms with Crippen LogP contribution in [0.5, 0.6) is 0 Å². The van der Waals surface area contributed by atoms with E-state index in [0.29, 0.717) is 29.6 Å². The Morgan fingerprint density at radius 3 is 2.87 bits per heavy atom. The molecule has 0 saturated carbocycles. The van der Waals surface area contributed by atoms with Crippen molar-refractivity contribution in [2.75, 3.05) is 26.4 Å². The molecule has 0 bridgehead atoms. The molecular weight excluding hydrogens is 400 g/mol. The maximum absolute atomic E-state index is 11.8.